The van der Waals surface area contributed by atoms with Crippen molar-refractivity contribution in [1.29, 1.82) is 0 Å². The van der Waals surface area contributed by atoms with Gasteiger partial charge in [0.2, 0.25) is 0 Å². The fourth-order valence-corrected chi connectivity index (χ4v) is 2.28. The van der Waals surface area contributed by atoms with E-state index >= 15 is 0 Å². The maximum Gasteiger partial charge on any atom is 0.433 e. The molecule has 1 atom stereocenters. The average molecular weight is 355 g/mol. The van der Waals surface area contributed by atoms with Crippen LogP contribution in [0.15, 0.2) is 28.9 Å². The van der Waals surface area contributed by atoms with Gasteiger partial charge in [-0.15, -0.1) is 0 Å². The number of rotatable bonds is 2. The Bertz CT molecular complexity index is 691. The lowest BCUT2D eigenvalue weighted by Gasteiger charge is -2.40. The van der Waals surface area contributed by atoms with Crippen LogP contribution in [-0.4, -0.2) is 33.0 Å². The van der Waals surface area contributed by atoms with Crippen LogP contribution in [0.5, 0.6) is 5.75 Å². The molecule has 0 fully saturated rings. The smallest absolute Gasteiger partial charge is 0.433 e. The number of hydrogen-bond acceptors (Lipinski definition) is 4. The van der Waals surface area contributed by atoms with Gasteiger partial charge in [-0.25, -0.2) is 9.04 Å². The van der Waals surface area contributed by atoms with E-state index < -0.39 is 40.6 Å². The van der Waals surface area contributed by atoms with Crippen LogP contribution in [-0.2, 0) is 4.74 Å². The van der Waals surface area contributed by atoms with Gasteiger partial charge in [0.1, 0.15) is 12.3 Å². The number of allylic oxidation sites excluding steroid dienone is 1. The Kier molecular flexibility index (Phi) is 4.56. The van der Waals surface area contributed by atoms with Crippen LogP contribution >= 0.6 is 11.6 Å². The third-order valence-electron chi connectivity index (χ3n) is 3.15. The summed E-state index contributed by atoms with van der Waals surface area (Å²) in [6.07, 6.45) is -4.17. The molecule has 23 heavy (non-hydrogen) atoms. The number of alkyl halides is 3. The number of halogens is 5. The van der Waals surface area contributed by atoms with Crippen LogP contribution in [0.1, 0.15) is 0 Å². The molecule has 0 aliphatic carbocycles. The summed E-state index contributed by atoms with van der Waals surface area (Å²) in [7, 11) is 2.23. The zero-order valence-electron chi connectivity index (χ0n) is 11.9. The monoisotopic (exact) mass is 354 g/mol. The summed E-state index contributed by atoms with van der Waals surface area (Å²) < 4.78 is 60.1. The van der Waals surface area contributed by atoms with Gasteiger partial charge >= 0.3 is 12.2 Å². The highest BCUT2D eigenvalue weighted by Gasteiger charge is 2.43. The van der Waals surface area contributed by atoms with E-state index in [4.69, 9.17) is 16.3 Å². The normalized spacial score (nSPS) is 21.6. The first kappa shape index (κ1) is 17.5. The summed E-state index contributed by atoms with van der Waals surface area (Å²) in [5.74, 6) is -1.02. The average Bonchev–Trinajstić information content (AvgIpc) is 2.46. The molecule has 0 saturated heterocycles. The molecule has 1 aliphatic rings. The third kappa shape index (κ3) is 3.12. The Morgan fingerprint density at radius 1 is 1.26 bits per heavy atom. The molecular weight excluding hydrogens is 344 g/mol. The Hall–Kier alpha value is -1.84. The Morgan fingerprint density at radius 2 is 1.91 bits per heavy atom. The zero-order valence-corrected chi connectivity index (χ0v) is 12.7. The number of amidine groups is 1. The van der Waals surface area contributed by atoms with Crippen molar-refractivity contribution in [3.63, 3.8) is 0 Å². The second-order valence-corrected chi connectivity index (χ2v) is 4.95. The van der Waals surface area contributed by atoms with Gasteiger partial charge in [-0.05, 0) is 0 Å². The van der Waals surface area contributed by atoms with Crippen molar-refractivity contribution in [2.45, 2.75) is 6.18 Å². The van der Waals surface area contributed by atoms with E-state index in [1.807, 2.05) is 0 Å². The topological polar surface area (TPSA) is 53.9 Å². The standard InChI is InChI=1S/C13H11ClF4N2O3/c1-22-10-6-9(8(15)5-7(10)14)20(21)4-3-11(13(16,17)18)19-12(20)23-2/h3,5-6H,4H2,1-2H3. The SMILES string of the molecule is COC1=NC(C(F)(F)F)=CC[N+]1([O-])c1cc(OC)c(Cl)cc1F. The Morgan fingerprint density at radius 3 is 2.43 bits per heavy atom. The largest absolute Gasteiger partial charge is 0.618 e. The van der Waals surface area contributed by atoms with Crippen LogP contribution in [0.25, 0.3) is 0 Å². The van der Waals surface area contributed by atoms with Crippen molar-refractivity contribution >= 4 is 23.3 Å². The molecule has 0 aromatic heterocycles. The van der Waals surface area contributed by atoms with E-state index in [2.05, 4.69) is 9.73 Å². The lowest BCUT2D eigenvalue weighted by molar-refractivity contribution is -0.0932. The number of hydrogen-bond donors (Lipinski definition) is 0. The second-order valence-electron chi connectivity index (χ2n) is 4.55. The lowest BCUT2D eigenvalue weighted by Crippen LogP contribution is -2.52. The highest BCUT2D eigenvalue weighted by Crippen LogP contribution is 2.38. The first-order valence-electron chi connectivity index (χ1n) is 6.16. The van der Waals surface area contributed by atoms with Crippen molar-refractivity contribution in [2.24, 2.45) is 4.99 Å². The van der Waals surface area contributed by atoms with Crippen molar-refractivity contribution in [1.82, 2.24) is 4.65 Å². The molecular formula is C13H11ClF4N2O3. The Labute approximate surface area is 133 Å². The van der Waals surface area contributed by atoms with Gasteiger partial charge in [-0.3, -0.25) is 0 Å². The van der Waals surface area contributed by atoms with Crippen LogP contribution in [0.2, 0.25) is 5.02 Å². The number of ether oxygens (including phenoxy) is 2. The van der Waals surface area contributed by atoms with E-state index in [-0.39, 0.29) is 10.8 Å². The molecule has 5 nitrogen and oxygen atoms in total. The molecule has 1 heterocycles. The molecule has 0 saturated carbocycles. The summed E-state index contributed by atoms with van der Waals surface area (Å²) in [6.45, 7) is -0.747. The van der Waals surface area contributed by atoms with Crippen molar-refractivity contribution in [3.05, 3.63) is 40.0 Å². The van der Waals surface area contributed by atoms with Crippen molar-refractivity contribution in [2.75, 3.05) is 20.8 Å². The molecule has 0 amide bonds. The van der Waals surface area contributed by atoms with Gasteiger partial charge in [0, 0.05) is 18.2 Å². The van der Waals surface area contributed by atoms with Crippen molar-refractivity contribution in [3.8, 4) is 5.75 Å². The van der Waals surface area contributed by atoms with E-state index in [9.17, 15) is 22.8 Å². The number of methoxy groups -OCH3 is 2. The Balaban J connectivity index is 2.56. The minimum atomic E-state index is -4.74. The van der Waals surface area contributed by atoms with Crippen LogP contribution in [0.4, 0.5) is 23.2 Å². The molecule has 1 aliphatic heterocycles. The van der Waals surface area contributed by atoms with Crippen LogP contribution in [0.3, 0.4) is 0 Å². The molecule has 0 N–H and O–H groups in total. The number of quaternary nitrogens is 1. The summed E-state index contributed by atoms with van der Waals surface area (Å²) in [5, 5.41) is 12.8. The van der Waals surface area contributed by atoms with Crippen LogP contribution in [0, 0.1) is 11.0 Å². The quantitative estimate of drug-likeness (QED) is 0.461. The molecule has 0 radical (unpaired) electrons. The number of nitrogens with zero attached hydrogens (tertiary/aromatic N) is 2. The third-order valence-corrected chi connectivity index (χ3v) is 3.45. The van der Waals surface area contributed by atoms with Gasteiger partial charge in [0.05, 0.1) is 19.2 Å². The zero-order chi connectivity index (χ0) is 17.4. The molecule has 0 spiro atoms. The minimum Gasteiger partial charge on any atom is -0.618 e. The fourth-order valence-electron chi connectivity index (χ4n) is 2.05. The first-order chi connectivity index (χ1) is 10.6. The van der Waals surface area contributed by atoms with Crippen LogP contribution < -0.4 is 9.38 Å². The number of benzene rings is 1. The number of hydroxylamine groups is 2. The molecule has 0 bridgehead atoms. The summed E-state index contributed by atoms with van der Waals surface area (Å²) >= 11 is 5.74. The first-order valence-corrected chi connectivity index (χ1v) is 6.54. The highest BCUT2D eigenvalue weighted by atomic mass is 35.5. The van der Waals surface area contributed by atoms with E-state index in [0.29, 0.717) is 6.08 Å². The predicted molar refractivity (Wildman–Crippen MR) is 76.6 cm³/mol. The van der Waals surface area contributed by atoms with Gasteiger partial charge in [0.25, 0.3) is 0 Å². The summed E-state index contributed by atoms with van der Waals surface area (Å²) in [6, 6.07) is 0.998. The number of aliphatic imine (C=N–C) groups is 1. The fraction of sp³-hybridized carbons (Fsp3) is 0.308. The maximum atomic E-state index is 14.1. The highest BCUT2D eigenvalue weighted by molar-refractivity contribution is 6.32. The van der Waals surface area contributed by atoms with Gasteiger partial charge in [-0.2, -0.15) is 18.2 Å². The molecule has 1 unspecified atom stereocenters. The summed E-state index contributed by atoms with van der Waals surface area (Å²) in [5.41, 5.74) is -1.80. The predicted octanol–water partition coefficient (Wildman–Crippen LogP) is 3.76. The molecule has 2 rings (SSSR count). The molecule has 1 aromatic carbocycles. The molecule has 10 heteroatoms. The van der Waals surface area contributed by atoms with Crippen molar-refractivity contribution < 1.29 is 27.0 Å². The second kappa shape index (κ2) is 5.99. The lowest BCUT2D eigenvalue weighted by atomic mass is 10.2. The minimum absolute atomic E-state index is 0.00234. The molecule has 126 valence electrons. The van der Waals surface area contributed by atoms with E-state index in [1.54, 1.807) is 0 Å². The van der Waals surface area contributed by atoms with Gasteiger partial charge in [0.15, 0.2) is 17.2 Å². The molecule has 1 aromatic rings. The van der Waals surface area contributed by atoms with E-state index in [1.165, 1.54) is 7.11 Å². The van der Waals surface area contributed by atoms with Gasteiger partial charge in [-0.1, -0.05) is 11.6 Å². The summed E-state index contributed by atoms with van der Waals surface area (Å²) in [4.78, 5) is 3.17. The van der Waals surface area contributed by atoms with Gasteiger partial charge < -0.3 is 14.7 Å². The maximum absolute atomic E-state index is 14.1. The van der Waals surface area contributed by atoms with E-state index in [0.717, 1.165) is 19.2 Å².